The van der Waals surface area contributed by atoms with Gasteiger partial charge in [0.25, 0.3) is 11.5 Å². The predicted molar refractivity (Wildman–Crippen MR) is 125 cm³/mol. The third kappa shape index (κ3) is 6.60. The molecule has 2 aromatic carbocycles. The van der Waals surface area contributed by atoms with Crippen LogP contribution in [0.3, 0.4) is 0 Å². The summed E-state index contributed by atoms with van der Waals surface area (Å²) in [6.07, 6.45) is -0.789. The first kappa shape index (κ1) is 26.9. The van der Waals surface area contributed by atoms with Crippen LogP contribution in [-0.4, -0.2) is 56.6 Å². The number of H-pyrrole nitrogens is 1. The number of aromatic nitrogens is 2. The zero-order valence-corrected chi connectivity index (χ0v) is 19.0. The van der Waals surface area contributed by atoms with E-state index < -0.39 is 36.1 Å². The number of fused-ring (bicyclic) bond motifs is 1. The second-order valence-corrected chi connectivity index (χ2v) is 7.82. The lowest BCUT2D eigenvalue weighted by Gasteiger charge is -2.20. The predicted octanol–water partition coefficient (Wildman–Crippen LogP) is 1.23. The smallest absolute Gasteiger partial charge is 0.326 e. The molecule has 35 heavy (non-hydrogen) atoms. The van der Waals surface area contributed by atoms with E-state index in [9.17, 15) is 28.7 Å². The number of nitrogens with zero attached hydrogens (tertiary/aromatic N) is 2. The number of anilines is 1. The van der Waals surface area contributed by atoms with E-state index in [0.717, 1.165) is 11.6 Å². The van der Waals surface area contributed by atoms with E-state index in [-0.39, 0.29) is 23.0 Å². The Morgan fingerprint density at radius 2 is 1.89 bits per heavy atom. The van der Waals surface area contributed by atoms with Gasteiger partial charge in [0.2, 0.25) is 0 Å². The van der Waals surface area contributed by atoms with Crippen LogP contribution in [0.4, 0.5) is 10.1 Å². The fraction of sp³-hybridized carbons (Fsp3) is 0.261. The van der Waals surface area contributed by atoms with Crippen molar-refractivity contribution in [1.82, 2.24) is 15.3 Å². The van der Waals surface area contributed by atoms with E-state index in [4.69, 9.17) is 5.11 Å². The van der Waals surface area contributed by atoms with Gasteiger partial charge in [0.05, 0.1) is 16.5 Å². The van der Waals surface area contributed by atoms with Crippen LogP contribution < -0.4 is 15.8 Å². The van der Waals surface area contributed by atoms with Crippen LogP contribution >= 0.6 is 0 Å². The molecule has 0 fully saturated rings. The maximum Gasteiger partial charge on any atom is 0.326 e. The maximum atomic E-state index is 14.7. The minimum absolute atomic E-state index is 0. The normalized spacial score (nSPS) is 11.4. The molecule has 0 bridgehead atoms. The molecule has 11 nitrogen and oxygen atoms in total. The number of carboxylic acids is 2. The molecule has 1 amide bonds. The van der Waals surface area contributed by atoms with Gasteiger partial charge in [0.1, 0.15) is 17.7 Å². The van der Waals surface area contributed by atoms with Gasteiger partial charge in [-0.3, -0.25) is 14.4 Å². The lowest BCUT2D eigenvalue weighted by Crippen LogP contribution is -2.41. The van der Waals surface area contributed by atoms with Gasteiger partial charge in [-0.2, -0.15) is 0 Å². The second-order valence-electron chi connectivity index (χ2n) is 7.82. The maximum absolute atomic E-state index is 14.7. The van der Waals surface area contributed by atoms with Crippen LogP contribution in [0.25, 0.3) is 10.9 Å². The molecule has 0 aliphatic carbocycles. The summed E-state index contributed by atoms with van der Waals surface area (Å²) in [4.78, 5) is 55.1. The first-order chi connectivity index (χ1) is 16.0. The Hall–Kier alpha value is -4.32. The van der Waals surface area contributed by atoms with Gasteiger partial charge >= 0.3 is 11.9 Å². The van der Waals surface area contributed by atoms with Crippen molar-refractivity contribution in [2.75, 3.05) is 11.9 Å². The average molecular weight is 488 g/mol. The average Bonchev–Trinajstić information content (AvgIpc) is 2.76. The fourth-order valence-electron chi connectivity index (χ4n) is 3.45. The number of benzene rings is 2. The number of nitrogens with one attached hydrogen (secondary N) is 2. The molecule has 1 aromatic heterocycles. The van der Waals surface area contributed by atoms with Crippen LogP contribution in [-0.2, 0) is 16.1 Å². The number of hydrogen-bond acceptors (Lipinski definition) is 6. The highest BCUT2D eigenvalue weighted by atomic mass is 19.1. The first-order valence-corrected chi connectivity index (χ1v) is 10.3. The summed E-state index contributed by atoms with van der Waals surface area (Å²) in [7, 11) is 1.71. The summed E-state index contributed by atoms with van der Waals surface area (Å²) >= 11 is 0. The molecule has 0 radical (unpaired) electrons. The number of carbonyl (C=O) groups is 3. The number of amides is 1. The van der Waals surface area contributed by atoms with E-state index in [1.165, 1.54) is 12.1 Å². The minimum atomic E-state index is -1.46. The standard InChI is InChI=1S/C23H23FN4O6.H2O/c1-12-25-18-6-3-13(9-16(18)22(32)26-12)11-28(2)14-4-5-15(17(24)10-14)21(31)27-19(23(33)34)7-8-20(29)30;/h3-6,9-10,19H,7-8,11H2,1-2H3,(H,27,31)(H,29,30)(H,33,34)(H,25,26,32);1H2/t19-;/m0./s1. The fourth-order valence-corrected chi connectivity index (χ4v) is 3.45. The van der Waals surface area contributed by atoms with Crippen LogP contribution in [0.5, 0.6) is 0 Å². The molecule has 0 aliphatic heterocycles. The Balaban J connectivity index is 0.00000432. The number of aryl methyl sites for hydroxylation is 1. The highest BCUT2D eigenvalue weighted by Gasteiger charge is 2.23. The number of carboxylic acid groups (broad SMARTS) is 2. The minimum Gasteiger partial charge on any atom is -0.481 e. The van der Waals surface area contributed by atoms with E-state index in [1.54, 1.807) is 31.0 Å². The molecule has 186 valence electrons. The lowest BCUT2D eigenvalue weighted by atomic mass is 10.1. The number of halogens is 1. The quantitative estimate of drug-likeness (QED) is 0.346. The monoisotopic (exact) mass is 488 g/mol. The molecule has 1 heterocycles. The van der Waals surface area contributed by atoms with Crippen LogP contribution in [0.1, 0.15) is 34.6 Å². The number of aliphatic carboxylic acids is 2. The Kier molecular flexibility index (Phi) is 8.62. The summed E-state index contributed by atoms with van der Waals surface area (Å²) < 4.78 is 14.7. The molecule has 0 unspecified atom stereocenters. The molecule has 0 aliphatic rings. The van der Waals surface area contributed by atoms with Gasteiger partial charge in [0.15, 0.2) is 0 Å². The van der Waals surface area contributed by atoms with Crippen LogP contribution in [0.2, 0.25) is 0 Å². The zero-order valence-electron chi connectivity index (χ0n) is 19.0. The van der Waals surface area contributed by atoms with E-state index in [1.807, 2.05) is 6.07 Å². The molecule has 6 N–H and O–H groups in total. The lowest BCUT2D eigenvalue weighted by molar-refractivity contribution is -0.140. The largest absolute Gasteiger partial charge is 0.481 e. The molecule has 3 aromatic rings. The summed E-state index contributed by atoms with van der Waals surface area (Å²) in [6, 6.07) is 7.66. The highest BCUT2D eigenvalue weighted by Crippen LogP contribution is 2.21. The molecule has 3 rings (SSSR count). The summed E-state index contributed by atoms with van der Waals surface area (Å²) in [5.41, 5.74) is 1.19. The molecular formula is C23H25FN4O7. The highest BCUT2D eigenvalue weighted by molar-refractivity contribution is 5.97. The van der Waals surface area contributed by atoms with Crippen molar-refractivity contribution in [2.45, 2.75) is 32.4 Å². The van der Waals surface area contributed by atoms with Gasteiger partial charge in [-0.1, -0.05) is 6.07 Å². The van der Waals surface area contributed by atoms with E-state index in [2.05, 4.69) is 15.3 Å². The Morgan fingerprint density at radius 3 is 2.51 bits per heavy atom. The number of carbonyl (C=O) groups excluding carboxylic acids is 1. The van der Waals surface area contributed by atoms with Gasteiger partial charge in [-0.05, 0) is 49.2 Å². The van der Waals surface area contributed by atoms with Crippen molar-refractivity contribution in [3.63, 3.8) is 0 Å². The van der Waals surface area contributed by atoms with Crippen LogP contribution in [0.15, 0.2) is 41.2 Å². The van der Waals surface area contributed by atoms with Gasteiger partial charge in [-0.25, -0.2) is 14.2 Å². The number of rotatable bonds is 9. The van der Waals surface area contributed by atoms with Crippen molar-refractivity contribution >= 4 is 34.4 Å². The molecular weight excluding hydrogens is 463 g/mol. The topological polar surface area (TPSA) is 184 Å². The Morgan fingerprint density at radius 1 is 1.17 bits per heavy atom. The second kappa shape index (κ2) is 11.2. The zero-order chi connectivity index (χ0) is 25.0. The third-order valence-electron chi connectivity index (χ3n) is 5.20. The van der Waals surface area contributed by atoms with Crippen molar-refractivity contribution in [2.24, 2.45) is 0 Å². The van der Waals surface area contributed by atoms with Gasteiger partial charge in [-0.15, -0.1) is 0 Å². The van der Waals surface area contributed by atoms with Crippen LogP contribution in [0, 0.1) is 12.7 Å². The molecule has 12 heteroatoms. The summed E-state index contributed by atoms with van der Waals surface area (Å²) in [5.74, 6) is -3.93. The number of aromatic amines is 1. The molecule has 0 saturated heterocycles. The van der Waals surface area contributed by atoms with Gasteiger partial charge in [0, 0.05) is 25.7 Å². The van der Waals surface area contributed by atoms with Crippen molar-refractivity contribution in [1.29, 1.82) is 0 Å². The van der Waals surface area contributed by atoms with E-state index in [0.29, 0.717) is 29.0 Å². The Labute approximate surface area is 198 Å². The van der Waals surface area contributed by atoms with Crippen molar-refractivity contribution in [3.8, 4) is 0 Å². The van der Waals surface area contributed by atoms with Gasteiger partial charge < -0.3 is 30.9 Å². The SMILES string of the molecule is Cc1nc2ccc(CN(C)c3ccc(C(=O)N[C@@H](CCC(=O)O)C(=O)O)c(F)c3)cc2c(=O)[nH]1.O. The summed E-state index contributed by atoms with van der Waals surface area (Å²) in [6.45, 7) is 2.03. The molecule has 1 atom stereocenters. The van der Waals surface area contributed by atoms with Crippen molar-refractivity contribution in [3.05, 3.63) is 69.5 Å². The third-order valence-corrected chi connectivity index (χ3v) is 5.20. The number of hydrogen-bond donors (Lipinski definition) is 4. The summed E-state index contributed by atoms with van der Waals surface area (Å²) in [5, 5.41) is 20.5. The first-order valence-electron chi connectivity index (χ1n) is 10.3. The molecule has 0 spiro atoms. The van der Waals surface area contributed by atoms with Crippen molar-refractivity contribution < 1.29 is 34.5 Å². The molecule has 0 saturated carbocycles. The van der Waals surface area contributed by atoms with E-state index >= 15 is 0 Å². The Bertz CT molecular complexity index is 1320.